The standard InChI is InChI=1S/C23H24N4O4/c1-28-16-6-4-13(5-7-16)8-17-11-18-14(9-15-12-26-23(25)27-22(15)24)10-19(29-2)21(30-3)20(18)31-17/h4-7,10-12H,8-9H2,1-3H3,(H4,24,25,26,27). The van der Waals surface area contributed by atoms with Crippen LogP contribution in [0.1, 0.15) is 22.5 Å². The number of hydrogen-bond donors (Lipinski definition) is 2. The fourth-order valence-electron chi connectivity index (χ4n) is 3.56. The van der Waals surface area contributed by atoms with E-state index >= 15 is 0 Å². The van der Waals surface area contributed by atoms with E-state index < -0.39 is 0 Å². The highest BCUT2D eigenvalue weighted by atomic mass is 16.5. The van der Waals surface area contributed by atoms with E-state index in [1.165, 1.54) is 0 Å². The minimum Gasteiger partial charge on any atom is -0.497 e. The van der Waals surface area contributed by atoms with Gasteiger partial charge in [0.25, 0.3) is 0 Å². The maximum atomic E-state index is 6.20. The van der Waals surface area contributed by atoms with Gasteiger partial charge in [-0.1, -0.05) is 12.1 Å². The third-order valence-electron chi connectivity index (χ3n) is 5.12. The highest BCUT2D eigenvalue weighted by molar-refractivity contribution is 5.90. The van der Waals surface area contributed by atoms with Gasteiger partial charge in [-0.2, -0.15) is 4.98 Å². The summed E-state index contributed by atoms with van der Waals surface area (Å²) in [5, 5.41) is 0.914. The Hall–Kier alpha value is -3.94. The molecule has 0 aliphatic heterocycles. The van der Waals surface area contributed by atoms with Crippen LogP contribution in [0.2, 0.25) is 0 Å². The molecule has 4 aromatic rings. The molecule has 0 saturated heterocycles. The van der Waals surface area contributed by atoms with Crippen LogP contribution in [0.5, 0.6) is 17.2 Å². The summed E-state index contributed by atoms with van der Waals surface area (Å²) in [7, 11) is 4.83. The van der Waals surface area contributed by atoms with Gasteiger partial charge in [0, 0.05) is 30.0 Å². The van der Waals surface area contributed by atoms with Crippen LogP contribution in [0.15, 0.2) is 47.0 Å². The molecule has 0 unspecified atom stereocenters. The van der Waals surface area contributed by atoms with Crippen molar-refractivity contribution in [2.75, 3.05) is 32.8 Å². The summed E-state index contributed by atoms with van der Waals surface area (Å²) in [6, 6.07) is 11.8. The predicted molar refractivity (Wildman–Crippen MR) is 119 cm³/mol. The highest BCUT2D eigenvalue weighted by Gasteiger charge is 2.20. The molecule has 0 saturated carbocycles. The lowest BCUT2D eigenvalue weighted by Crippen LogP contribution is -2.04. The smallest absolute Gasteiger partial charge is 0.221 e. The van der Waals surface area contributed by atoms with Crippen molar-refractivity contribution < 1.29 is 18.6 Å². The molecule has 2 heterocycles. The molecule has 0 spiro atoms. The molecule has 0 aliphatic rings. The number of ether oxygens (including phenoxy) is 3. The number of aromatic nitrogens is 2. The molecule has 8 heteroatoms. The molecule has 0 atom stereocenters. The zero-order valence-corrected chi connectivity index (χ0v) is 17.6. The topological polar surface area (TPSA) is 119 Å². The zero-order chi connectivity index (χ0) is 22.0. The Labute approximate surface area is 179 Å². The van der Waals surface area contributed by atoms with Crippen LogP contribution >= 0.6 is 0 Å². The van der Waals surface area contributed by atoms with Crippen molar-refractivity contribution in [3.63, 3.8) is 0 Å². The molecule has 0 bridgehead atoms. The molecule has 4 rings (SSSR count). The fourth-order valence-corrected chi connectivity index (χ4v) is 3.56. The molecule has 160 valence electrons. The van der Waals surface area contributed by atoms with E-state index in [9.17, 15) is 0 Å². The molecule has 2 aromatic carbocycles. The van der Waals surface area contributed by atoms with Crippen LogP contribution in [0.4, 0.5) is 11.8 Å². The maximum Gasteiger partial charge on any atom is 0.221 e. The number of benzene rings is 2. The van der Waals surface area contributed by atoms with Crippen molar-refractivity contribution >= 4 is 22.7 Å². The average molecular weight is 420 g/mol. The number of nitrogens with zero attached hydrogens (tertiary/aromatic N) is 2. The van der Waals surface area contributed by atoms with Gasteiger partial charge in [0.15, 0.2) is 11.3 Å². The van der Waals surface area contributed by atoms with Crippen LogP contribution in [0.25, 0.3) is 11.0 Å². The van der Waals surface area contributed by atoms with Crippen LogP contribution < -0.4 is 25.7 Å². The van der Waals surface area contributed by atoms with Gasteiger partial charge >= 0.3 is 0 Å². The van der Waals surface area contributed by atoms with Gasteiger partial charge in [-0.05, 0) is 35.4 Å². The molecular weight excluding hydrogens is 396 g/mol. The number of nitrogen functional groups attached to an aromatic ring is 2. The van der Waals surface area contributed by atoms with E-state index in [-0.39, 0.29) is 5.95 Å². The van der Waals surface area contributed by atoms with Crippen LogP contribution in [0, 0.1) is 0 Å². The zero-order valence-electron chi connectivity index (χ0n) is 17.6. The van der Waals surface area contributed by atoms with E-state index in [2.05, 4.69) is 9.97 Å². The van der Waals surface area contributed by atoms with E-state index in [4.69, 9.17) is 30.1 Å². The minimum atomic E-state index is 0.142. The molecule has 0 fully saturated rings. The molecule has 4 N–H and O–H groups in total. The lowest BCUT2D eigenvalue weighted by Gasteiger charge is -2.12. The number of furan rings is 1. The quantitative estimate of drug-likeness (QED) is 0.466. The van der Waals surface area contributed by atoms with Crippen molar-refractivity contribution in [1.82, 2.24) is 9.97 Å². The van der Waals surface area contributed by atoms with Gasteiger partial charge in [-0.15, -0.1) is 0 Å². The summed E-state index contributed by atoms with van der Waals surface area (Å²) in [4.78, 5) is 8.12. The number of fused-ring (bicyclic) bond motifs is 1. The molecule has 0 radical (unpaired) electrons. The summed E-state index contributed by atoms with van der Waals surface area (Å²) in [5.74, 6) is 3.22. The summed E-state index contributed by atoms with van der Waals surface area (Å²) in [5.41, 5.74) is 15.1. The second-order valence-corrected chi connectivity index (χ2v) is 7.07. The third-order valence-corrected chi connectivity index (χ3v) is 5.12. The lowest BCUT2D eigenvalue weighted by molar-refractivity contribution is 0.352. The lowest BCUT2D eigenvalue weighted by atomic mass is 10.0. The number of rotatable bonds is 7. The van der Waals surface area contributed by atoms with E-state index in [1.54, 1.807) is 27.5 Å². The second kappa shape index (κ2) is 8.43. The van der Waals surface area contributed by atoms with Gasteiger partial charge in [0.1, 0.15) is 17.3 Å². The van der Waals surface area contributed by atoms with Crippen LogP contribution in [-0.4, -0.2) is 31.3 Å². The Kier molecular flexibility index (Phi) is 5.53. The van der Waals surface area contributed by atoms with Gasteiger partial charge in [0.2, 0.25) is 11.7 Å². The van der Waals surface area contributed by atoms with E-state index in [0.29, 0.717) is 35.7 Å². The largest absolute Gasteiger partial charge is 0.497 e. The molecule has 2 aromatic heterocycles. The van der Waals surface area contributed by atoms with E-state index in [1.807, 2.05) is 36.4 Å². The molecule has 0 amide bonds. The van der Waals surface area contributed by atoms with Crippen molar-refractivity contribution in [2.45, 2.75) is 12.8 Å². The summed E-state index contributed by atoms with van der Waals surface area (Å²) in [6.07, 6.45) is 2.75. The molecule has 8 nitrogen and oxygen atoms in total. The summed E-state index contributed by atoms with van der Waals surface area (Å²) < 4.78 is 22.6. The second-order valence-electron chi connectivity index (χ2n) is 7.07. The summed E-state index contributed by atoms with van der Waals surface area (Å²) in [6.45, 7) is 0. The Bertz CT molecular complexity index is 1220. The number of anilines is 2. The first kappa shape index (κ1) is 20.3. The molecular formula is C23H24N4O4. The van der Waals surface area contributed by atoms with Gasteiger partial charge in [0.05, 0.1) is 21.3 Å². The van der Waals surface area contributed by atoms with Gasteiger partial charge < -0.3 is 30.1 Å². The molecule has 0 aliphatic carbocycles. The molecule has 31 heavy (non-hydrogen) atoms. The number of nitrogens with two attached hydrogens (primary N) is 2. The minimum absolute atomic E-state index is 0.142. The normalized spacial score (nSPS) is 10.9. The Morgan fingerprint density at radius 2 is 1.68 bits per heavy atom. The average Bonchev–Trinajstić information content (AvgIpc) is 3.19. The van der Waals surface area contributed by atoms with Crippen molar-refractivity contribution in [3.05, 3.63) is 65.0 Å². The van der Waals surface area contributed by atoms with Crippen molar-refractivity contribution in [3.8, 4) is 17.2 Å². The van der Waals surface area contributed by atoms with Crippen LogP contribution in [0.3, 0.4) is 0 Å². The first-order valence-corrected chi connectivity index (χ1v) is 9.68. The maximum absolute atomic E-state index is 6.20. The van der Waals surface area contributed by atoms with Crippen molar-refractivity contribution in [1.29, 1.82) is 0 Å². The Balaban J connectivity index is 1.77. The Morgan fingerprint density at radius 3 is 2.32 bits per heavy atom. The monoisotopic (exact) mass is 420 g/mol. The number of hydrogen-bond acceptors (Lipinski definition) is 8. The first-order chi connectivity index (χ1) is 15.0. The van der Waals surface area contributed by atoms with E-state index in [0.717, 1.165) is 33.6 Å². The summed E-state index contributed by atoms with van der Waals surface area (Å²) >= 11 is 0. The highest BCUT2D eigenvalue weighted by Crippen LogP contribution is 2.41. The van der Waals surface area contributed by atoms with Crippen LogP contribution in [-0.2, 0) is 12.8 Å². The van der Waals surface area contributed by atoms with Crippen molar-refractivity contribution in [2.24, 2.45) is 0 Å². The Morgan fingerprint density at radius 1 is 0.903 bits per heavy atom. The van der Waals surface area contributed by atoms with Gasteiger partial charge in [-0.3, -0.25) is 0 Å². The fraction of sp³-hybridized carbons (Fsp3) is 0.217. The predicted octanol–water partition coefficient (Wildman–Crippen LogP) is 3.59. The third kappa shape index (κ3) is 4.05. The first-order valence-electron chi connectivity index (χ1n) is 9.68. The SMILES string of the molecule is COc1ccc(Cc2cc3c(Cc4cnc(N)nc4N)cc(OC)c(OC)c3o2)cc1. The number of methoxy groups -OCH3 is 3. The van der Waals surface area contributed by atoms with Gasteiger partial charge in [-0.25, -0.2) is 4.98 Å².